The first-order valence-corrected chi connectivity index (χ1v) is 12.1. The van der Waals surface area contributed by atoms with E-state index in [4.69, 9.17) is 9.47 Å². The van der Waals surface area contributed by atoms with Crippen molar-refractivity contribution in [3.05, 3.63) is 23.3 Å². The van der Waals surface area contributed by atoms with Crippen LogP contribution in [0.4, 0.5) is 0 Å². The molecule has 0 amide bonds. The van der Waals surface area contributed by atoms with Crippen LogP contribution in [0, 0.1) is 28.6 Å². The predicted octanol–water partition coefficient (Wildman–Crippen LogP) is 4.96. The van der Waals surface area contributed by atoms with Crippen molar-refractivity contribution >= 4 is 5.97 Å². The summed E-state index contributed by atoms with van der Waals surface area (Å²) in [5.41, 5.74) is 2.68. The lowest BCUT2D eigenvalue weighted by Gasteiger charge is -2.54. The Morgan fingerprint density at radius 2 is 2.00 bits per heavy atom. The van der Waals surface area contributed by atoms with E-state index in [1.54, 1.807) is 5.57 Å². The Morgan fingerprint density at radius 3 is 2.73 bits per heavy atom. The fourth-order valence-corrected chi connectivity index (χ4v) is 8.16. The third kappa shape index (κ3) is 2.75. The highest BCUT2D eigenvalue weighted by Gasteiger charge is 2.70. The van der Waals surface area contributed by atoms with Crippen molar-refractivity contribution in [2.24, 2.45) is 28.6 Å². The van der Waals surface area contributed by atoms with Gasteiger partial charge < -0.3 is 14.6 Å². The molecule has 0 aromatic rings. The maximum absolute atomic E-state index is 11.5. The molecule has 4 heteroatoms. The lowest BCUT2D eigenvalue weighted by atomic mass is 9.49. The second-order valence-corrected chi connectivity index (χ2v) is 11.2. The highest BCUT2D eigenvalue weighted by Crippen LogP contribution is 2.69. The van der Waals surface area contributed by atoms with Crippen LogP contribution < -0.4 is 0 Å². The monoisotopic (exact) mass is 414 g/mol. The molecule has 4 fully saturated rings. The summed E-state index contributed by atoms with van der Waals surface area (Å²) in [6.07, 6.45) is 13.6. The summed E-state index contributed by atoms with van der Waals surface area (Å²) in [5.74, 6) is 1.93. The molecule has 0 spiro atoms. The number of allylic oxidation sites excluding steroid dienone is 3. The molecule has 0 aromatic heterocycles. The first-order valence-electron chi connectivity index (χ1n) is 12.1. The van der Waals surface area contributed by atoms with E-state index in [-0.39, 0.29) is 23.6 Å². The standard InChI is InChI=1S/C26H38O4/c1-5-16-9-11-19-18-10-8-17-15-26(28,13-6-7-21(27)29-4)23-22(30-23)25(17,3)20(18)12-14-24(16,19)2/h8,10,16,19-20,22-23,28H,5-7,9,11-15H2,1-4H3/t16-,19-,20+,22-,23+,24+,25-,26+/m0/s1. The smallest absolute Gasteiger partial charge is 0.305 e. The average molecular weight is 415 g/mol. The number of aliphatic hydroxyl groups is 1. The molecule has 0 radical (unpaired) electrons. The quantitative estimate of drug-likeness (QED) is 0.510. The van der Waals surface area contributed by atoms with Crippen LogP contribution in [-0.4, -0.2) is 36.0 Å². The van der Waals surface area contributed by atoms with Crippen LogP contribution >= 0.6 is 0 Å². The molecule has 166 valence electrons. The summed E-state index contributed by atoms with van der Waals surface area (Å²) < 4.78 is 11.0. The first-order chi connectivity index (χ1) is 14.3. The van der Waals surface area contributed by atoms with E-state index < -0.39 is 5.60 Å². The van der Waals surface area contributed by atoms with Gasteiger partial charge in [0.15, 0.2) is 0 Å². The molecule has 1 N–H and O–H groups in total. The van der Waals surface area contributed by atoms with E-state index in [1.807, 2.05) is 0 Å². The van der Waals surface area contributed by atoms with Crippen LogP contribution in [0.5, 0.6) is 0 Å². The summed E-state index contributed by atoms with van der Waals surface area (Å²) in [7, 11) is 1.42. The molecule has 8 atom stereocenters. The Balaban J connectivity index is 1.40. The second-order valence-electron chi connectivity index (χ2n) is 11.2. The minimum atomic E-state index is -0.848. The van der Waals surface area contributed by atoms with Crippen molar-refractivity contribution in [1.82, 2.24) is 0 Å². The van der Waals surface area contributed by atoms with Gasteiger partial charge in [0, 0.05) is 18.3 Å². The largest absolute Gasteiger partial charge is 0.469 e. The predicted molar refractivity (Wildman–Crippen MR) is 116 cm³/mol. The third-order valence-corrected chi connectivity index (χ3v) is 10.0. The summed E-state index contributed by atoms with van der Waals surface area (Å²) in [5, 5.41) is 11.4. The maximum Gasteiger partial charge on any atom is 0.305 e. The molecular formula is C26H38O4. The Hall–Kier alpha value is -1.13. The number of hydrogen-bond donors (Lipinski definition) is 1. The molecule has 1 heterocycles. The molecule has 0 aromatic carbocycles. The highest BCUT2D eigenvalue weighted by atomic mass is 16.6. The van der Waals surface area contributed by atoms with Crippen molar-refractivity contribution < 1.29 is 19.4 Å². The van der Waals surface area contributed by atoms with Crippen molar-refractivity contribution in [3.8, 4) is 0 Å². The van der Waals surface area contributed by atoms with Crippen molar-refractivity contribution in [2.75, 3.05) is 7.11 Å². The Kier molecular flexibility index (Phi) is 4.80. The van der Waals surface area contributed by atoms with E-state index >= 15 is 0 Å². The van der Waals surface area contributed by atoms with Crippen molar-refractivity contribution in [2.45, 2.75) is 96.4 Å². The SMILES string of the molecule is CC[C@H]1CC[C@H]2C3=CC=C4C[C@](O)(CCCC(=O)OC)[C@@H]5O[C@@H]5[C@]4(C)[C@@H]3CC[C@]12C. The molecule has 1 saturated heterocycles. The van der Waals surface area contributed by atoms with Crippen LogP contribution in [0.3, 0.4) is 0 Å². The summed E-state index contributed by atoms with van der Waals surface area (Å²) in [4.78, 5) is 11.5. The zero-order valence-corrected chi connectivity index (χ0v) is 19.1. The number of epoxide rings is 1. The van der Waals surface area contributed by atoms with Gasteiger partial charge in [-0.05, 0) is 61.7 Å². The van der Waals surface area contributed by atoms with Gasteiger partial charge in [-0.2, -0.15) is 0 Å². The Bertz CT molecular complexity index is 799. The first kappa shape index (κ1) is 20.8. The van der Waals surface area contributed by atoms with Crippen molar-refractivity contribution in [1.29, 1.82) is 0 Å². The normalized spacial score (nSPS) is 48.5. The van der Waals surface area contributed by atoms with Gasteiger partial charge in [0.25, 0.3) is 0 Å². The van der Waals surface area contributed by atoms with Crippen LogP contribution in [0.1, 0.15) is 78.6 Å². The van der Waals surface area contributed by atoms with Gasteiger partial charge in [0.1, 0.15) is 6.10 Å². The van der Waals surface area contributed by atoms with E-state index in [0.717, 1.165) is 5.92 Å². The van der Waals surface area contributed by atoms with Crippen LogP contribution in [0.15, 0.2) is 23.3 Å². The van der Waals surface area contributed by atoms with Gasteiger partial charge in [-0.25, -0.2) is 0 Å². The van der Waals surface area contributed by atoms with E-state index in [9.17, 15) is 9.90 Å². The number of carbonyl (C=O) groups is 1. The highest BCUT2D eigenvalue weighted by molar-refractivity contribution is 5.69. The molecule has 0 bridgehead atoms. The lowest BCUT2D eigenvalue weighted by molar-refractivity contribution is -0.141. The van der Waals surface area contributed by atoms with E-state index in [2.05, 4.69) is 32.9 Å². The molecule has 30 heavy (non-hydrogen) atoms. The number of hydrogen-bond acceptors (Lipinski definition) is 4. The maximum atomic E-state index is 11.5. The molecule has 3 saturated carbocycles. The lowest BCUT2D eigenvalue weighted by Crippen LogP contribution is -2.53. The Morgan fingerprint density at radius 1 is 1.20 bits per heavy atom. The minimum Gasteiger partial charge on any atom is -0.469 e. The molecular weight excluding hydrogens is 376 g/mol. The summed E-state index contributed by atoms with van der Waals surface area (Å²) >= 11 is 0. The number of ether oxygens (including phenoxy) is 2. The number of methoxy groups -OCH3 is 1. The number of fused-ring (bicyclic) bond motifs is 7. The zero-order valence-electron chi connectivity index (χ0n) is 19.1. The van der Waals surface area contributed by atoms with Gasteiger partial charge in [0.05, 0.1) is 18.8 Å². The number of carbonyl (C=O) groups excluding carboxylic acids is 1. The third-order valence-electron chi connectivity index (χ3n) is 10.0. The van der Waals surface area contributed by atoms with Gasteiger partial charge >= 0.3 is 5.97 Å². The molecule has 5 rings (SSSR count). The van der Waals surface area contributed by atoms with Gasteiger partial charge in [-0.15, -0.1) is 0 Å². The average Bonchev–Trinajstić information content (AvgIpc) is 3.48. The summed E-state index contributed by atoms with van der Waals surface area (Å²) in [6.45, 7) is 7.32. The molecule has 0 unspecified atom stereocenters. The molecule has 1 aliphatic heterocycles. The summed E-state index contributed by atoms with van der Waals surface area (Å²) in [6, 6.07) is 0. The van der Waals surface area contributed by atoms with Gasteiger partial charge in [-0.1, -0.05) is 50.5 Å². The number of esters is 1. The fourth-order valence-electron chi connectivity index (χ4n) is 8.16. The van der Waals surface area contributed by atoms with Crippen molar-refractivity contribution in [3.63, 3.8) is 0 Å². The molecule has 4 nitrogen and oxygen atoms in total. The van der Waals surface area contributed by atoms with Gasteiger partial charge in [0.2, 0.25) is 0 Å². The second kappa shape index (κ2) is 6.93. The van der Waals surface area contributed by atoms with Crippen LogP contribution in [-0.2, 0) is 14.3 Å². The van der Waals surface area contributed by atoms with E-state index in [0.29, 0.717) is 42.9 Å². The van der Waals surface area contributed by atoms with Crippen LogP contribution in [0.2, 0.25) is 0 Å². The minimum absolute atomic E-state index is 0.0228. The molecule has 5 aliphatic rings. The van der Waals surface area contributed by atoms with Crippen LogP contribution in [0.25, 0.3) is 0 Å². The van der Waals surface area contributed by atoms with E-state index in [1.165, 1.54) is 44.8 Å². The number of rotatable bonds is 5. The zero-order chi connectivity index (χ0) is 21.3. The molecule has 4 aliphatic carbocycles. The fraction of sp³-hybridized carbons (Fsp3) is 0.808. The topological polar surface area (TPSA) is 59.1 Å². The van der Waals surface area contributed by atoms with Gasteiger partial charge in [-0.3, -0.25) is 4.79 Å². The Labute approximate surface area is 181 Å².